The maximum Gasteiger partial charge on any atom is 0.0638 e. The van der Waals surface area contributed by atoms with Crippen LogP contribution < -0.4 is 0 Å². The van der Waals surface area contributed by atoms with Gasteiger partial charge in [0.25, 0.3) is 0 Å². The lowest BCUT2D eigenvalue weighted by Crippen LogP contribution is -1.80. The Balaban J connectivity index is 2.79. The first-order valence-corrected chi connectivity index (χ1v) is 6.25. The molecule has 0 unspecified atom stereocenters. The van der Waals surface area contributed by atoms with Gasteiger partial charge in [0, 0.05) is 15.0 Å². The first-order valence-electron chi connectivity index (χ1n) is 4.52. The van der Waals surface area contributed by atoms with Gasteiger partial charge >= 0.3 is 0 Å². The van der Waals surface area contributed by atoms with Gasteiger partial charge in [0.15, 0.2) is 0 Å². The highest BCUT2D eigenvalue weighted by Crippen LogP contribution is 2.38. The highest BCUT2D eigenvalue weighted by molar-refractivity contribution is 7.20. The molecule has 0 aliphatic heterocycles. The Labute approximate surface area is 97.5 Å². The van der Waals surface area contributed by atoms with Crippen LogP contribution in [0.25, 0.3) is 10.1 Å². The van der Waals surface area contributed by atoms with Crippen LogP contribution in [-0.4, -0.2) is 0 Å². The van der Waals surface area contributed by atoms with E-state index in [0.717, 1.165) is 16.3 Å². The number of hydrogen-bond acceptors (Lipinski definition) is 1. The molecule has 0 spiro atoms. The molecule has 0 saturated carbocycles. The van der Waals surface area contributed by atoms with Crippen molar-refractivity contribution in [1.82, 2.24) is 0 Å². The van der Waals surface area contributed by atoms with Crippen LogP contribution in [0.3, 0.4) is 0 Å². The highest BCUT2D eigenvalue weighted by atomic mass is 35.5. The third-order valence-corrected chi connectivity index (χ3v) is 4.42. The molecule has 0 radical (unpaired) electrons. The number of hydrogen-bond donors (Lipinski definition) is 0. The van der Waals surface area contributed by atoms with E-state index in [4.69, 9.17) is 23.2 Å². The average molecular weight is 245 g/mol. The molecule has 2 rings (SSSR count). The summed E-state index contributed by atoms with van der Waals surface area (Å²) in [4.78, 5) is 1.07. The molecule has 3 heteroatoms. The molecule has 0 aliphatic carbocycles. The Bertz CT molecular complexity index is 460. The average Bonchev–Trinajstić information content (AvgIpc) is 2.55. The summed E-state index contributed by atoms with van der Waals surface area (Å²) in [7, 11) is 0. The largest absolute Gasteiger partial charge is 0.137 e. The van der Waals surface area contributed by atoms with Crippen molar-refractivity contribution in [1.29, 1.82) is 0 Å². The van der Waals surface area contributed by atoms with E-state index in [1.807, 2.05) is 0 Å². The molecule has 0 nitrogen and oxygen atoms in total. The minimum Gasteiger partial charge on any atom is -0.137 e. The second-order valence-electron chi connectivity index (χ2n) is 3.12. The minimum absolute atomic E-state index is 0.501. The molecule has 1 aromatic heterocycles. The van der Waals surface area contributed by atoms with Crippen molar-refractivity contribution >= 4 is 44.6 Å². The second kappa shape index (κ2) is 4.09. The zero-order chi connectivity index (χ0) is 10.1. The van der Waals surface area contributed by atoms with E-state index in [1.165, 1.54) is 15.6 Å². The van der Waals surface area contributed by atoms with Gasteiger partial charge in [0.05, 0.1) is 10.9 Å². The monoisotopic (exact) mass is 244 g/mol. The quantitative estimate of drug-likeness (QED) is 0.663. The van der Waals surface area contributed by atoms with Crippen molar-refractivity contribution in [2.75, 3.05) is 0 Å². The summed E-state index contributed by atoms with van der Waals surface area (Å²) in [6, 6.07) is 6.30. The van der Waals surface area contributed by atoms with Gasteiger partial charge in [-0.3, -0.25) is 0 Å². The fraction of sp³-hybridized carbons (Fsp3) is 0.273. The van der Waals surface area contributed by atoms with Crippen molar-refractivity contribution in [3.8, 4) is 0 Å². The molecular formula is C11H10Cl2S. The molecule has 74 valence electrons. The summed E-state index contributed by atoms with van der Waals surface area (Å²) in [5.74, 6) is 0.501. The lowest BCUT2D eigenvalue weighted by molar-refractivity contribution is 1.16. The molecule has 0 atom stereocenters. The van der Waals surface area contributed by atoms with Crippen LogP contribution in [0.2, 0.25) is 5.02 Å². The predicted molar refractivity (Wildman–Crippen MR) is 65.8 cm³/mol. The molecule has 14 heavy (non-hydrogen) atoms. The van der Waals surface area contributed by atoms with Gasteiger partial charge < -0.3 is 0 Å². The van der Waals surface area contributed by atoms with Crippen LogP contribution in [0.1, 0.15) is 17.4 Å². The first-order chi connectivity index (χ1) is 6.77. The fourth-order valence-corrected chi connectivity index (χ4v) is 3.43. The van der Waals surface area contributed by atoms with E-state index in [-0.39, 0.29) is 0 Å². The van der Waals surface area contributed by atoms with Gasteiger partial charge in [-0.15, -0.1) is 22.9 Å². The smallest absolute Gasteiger partial charge is 0.0638 e. The normalized spacial score (nSPS) is 11.1. The molecule has 0 amide bonds. The molecule has 1 heterocycles. The van der Waals surface area contributed by atoms with E-state index in [0.29, 0.717) is 5.88 Å². The molecule has 0 saturated heterocycles. The van der Waals surface area contributed by atoms with Gasteiger partial charge in [0.2, 0.25) is 0 Å². The highest BCUT2D eigenvalue weighted by Gasteiger charge is 2.11. The van der Waals surface area contributed by atoms with Gasteiger partial charge in [-0.05, 0) is 18.1 Å². The van der Waals surface area contributed by atoms with Gasteiger partial charge in [-0.25, -0.2) is 0 Å². The number of rotatable bonds is 2. The zero-order valence-electron chi connectivity index (χ0n) is 7.81. The molecule has 0 N–H and O–H groups in total. The zero-order valence-corrected chi connectivity index (χ0v) is 10.1. The Morgan fingerprint density at radius 1 is 1.36 bits per heavy atom. The summed E-state index contributed by atoms with van der Waals surface area (Å²) in [5, 5.41) is 2.04. The lowest BCUT2D eigenvalue weighted by Gasteiger charge is -1.99. The van der Waals surface area contributed by atoms with Crippen LogP contribution >= 0.6 is 34.5 Å². The van der Waals surface area contributed by atoms with Crippen LogP contribution in [0.4, 0.5) is 0 Å². The maximum atomic E-state index is 6.27. The lowest BCUT2D eigenvalue weighted by atomic mass is 10.1. The van der Waals surface area contributed by atoms with E-state index < -0.39 is 0 Å². The van der Waals surface area contributed by atoms with Crippen LogP contribution in [0, 0.1) is 0 Å². The van der Waals surface area contributed by atoms with Crippen molar-refractivity contribution in [2.24, 2.45) is 0 Å². The van der Waals surface area contributed by atoms with Gasteiger partial charge in [-0.2, -0.15) is 0 Å². The van der Waals surface area contributed by atoms with Crippen LogP contribution in [0.15, 0.2) is 18.2 Å². The van der Waals surface area contributed by atoms with Crippen molar-refractivity contribution in [2.45, 2.75) is 19.2 Å². The SMILES string of the molecule is CCc1cccc2sc(CCl)c(Cl)c12. The molecular weight excluding hydrogens is 235 g/mol. The van der Waals surface area contributed by atoms with Gasteiger partial charge in [-0.1, -0.05) is 30.7 Å². The molecule has 0 fully saturated rings. The Morgan fingerprint density at radius 3 is 2.79 bits per heavy atom. The molecule has 0 aliphatic rings. The molecule has 0 bridgehead atoms. The fourth-order valence-electron chi connectivity index (χ4n) is 1.61. The third kappa shape index (κ3) is 1.54. The summed E-state index contributed by atoms with van der Waals surface area (Å²) in [6.45, 7) is 2.14. The van der Waals surface area contributed by atoms with E-state index >= 15 is 0 Å². The summed E-state index contributed by atoms with van der Waals surface area (Å²) in [5.41, 5.74) is 1.31. The number of benzene rings is 1. The third-order valence-electron chi connectivity index (χ3n) is 2.31. The van der Waals surface area contributed by atoms with E-state index in [1.54, 1.807) is 11.3 Å². The Hall–Kier alpha value is -0.240. The van der Waals surface area contributed by atoms with Crippen molar-refractivity contribution < 1.29 is 0 Å². The number of alkyl halides is 1. The summed E-state index contributed by atoms with van der Waals surface area (Å²) in [6.07, 6.45) is 1.01. The molecule has 2 aromatic rings. The Morgan fingerprint density at radius 2 is 2.14 bits per heavy atom. The number of thiophene rings is 1. The van der Waals surface area contributed by atoms with E-state index in [9.17, 15) is 0 Å². The van der Waals surface area contributed by atoms with Crippen LogP contribution in [-0.2, 0) is 12.3 Å². The van der Waals surface area contributed by atoms with Crippen molar-refractivity contribution in [3.63, 3.8) is 0 Å². The standard InChI is InChI=1S/C11H10Cl2S/c1-2-7-4-3-5-8-10(7)11(13)9(6-12)14-8/h3-5H,2,6H2,1H3. The van der Waals surface area contributed by atoms with Gasteiger partial charge in [0.1, 0.15) is 0 Å². The summed E-state index contributed by atoms with van der Waals surface area (Å²) >= 11 is 13.8. The first kappa shape index (κ1) is 10.3. The number of halogens is 2. The summed E-state index contributed by atoms with van der Waals surface area (Å²) < 4.78 is 1.24. The predicted octanol–water partition coefficient (Wildman–Crippen LogP) is 4.86. The van der Waals surface area contributed by atoms with Crippen LogP contribution in [0.5, 0.6) is 0 Å². The van der Waals surface area contributed by atoms with Crippen molar-refractivity contribution in [3.05, 3.63) is 33.7 Å². The minimum atomic E-state index is 0.501. The number of aryl methyl sites for hydroxylation is 1. The number of fused-ring (bicyclic) bond motifs is 1. The van der Waals surface area contributed by atoms with E-state index in [2.05, 4.69) is 25.1 Å². The Kier molecular flexibility index (Phi) is 3.01. The maximum absolute atomic E-state index is 6.27. The second-order valence-corrected chi connectivity index (χ2v) is 4.90. The molecule has 1 aromatic carbocycles. The topological polar surface area (TPSA) is 0 Å².